The largest absolute Gasteiger partial charge is 0.441 e. The van der Waals surface area contributed by atoms with E-state index in [-0.39, 0.29) is 23.3 Å². The maximum absolute atomic E-state index is 12.0. The Kier molecular flexibility index (Phi) is 5.58. The molecule has 0 aliphatic carbocycles. The van der Waals surface area contributed by atoms with Gasteiger partial charge in [0.1, 0.15) is 5.52 Å². The van der Waals surface area contributed by atoms with Gasteiger partial charge in [0.2, 0.25) is 11.8 Å². The van der Waals surface area contributed by atoms with E-state index in [0.717, 1.165) is 11.3 Å². The summed E-state index contributed by atoms with van der Waals surface area (Å²) < 4.78 is 5.40. The van der Waals surface area contributed by atoms with Crippen molar-refractivity contribution in [3.8, 4) is 0 Å². The number of aryl methyl sites for hydroxylation is 2. The summed E-state index contributed by atoms with van der Waals surface area (Å²) in [5.74, 6) is 0.683. The summed E-state index contributed by atoms with van der Waals surface area (Å²) in [6.07, 6.45) is 0. The first kappa shape index (κ1) is 18.0. The lowest BCUT2D eigenvalue weighted by molar-refractivity contribution is -0.114. The summed E-state index contributed by atoms with van der Waals surface area (Å²) in [6, 6.07) is 12.9. The monoisotopic (exact) mass is 369 g/mol. The zero-order valence-corrected chi connectivity index (χ0v) is 15.4. The molecule has 2 N–H and O–H groups in total. The highest BCUT2D eigenvalue weighted by Gasteiger charge is 2.08. The van der Waals surface area contributed by atoms with Gasteiger partial charge in [0.15, 0.2) is 11.5 Å². The number of nitrogens with one attached hydrogen (secondary N) is 2. The van der Waals surface area contributed by atoms with Crippen molar-refractivity contribution in [2.75, 3.05) is 22.1 Å². The molecular weight excluding hydrogens is 350 g/mol. The number of anilines is 2. The third kappa shape index (κ3) is 4.86. The van der Waals surface area contributed by atoms with Crippen LogP contribution in [0.5, 0.6) is 0 Å². The number of carbonyl (C=O) groups is 2. The molecule has 7 heteroatoms. The molecule has 1 aromatic heterocycles. The number of nitrogens with zero attached hydrogens (tertiary/aromatic N) is 1. The minimum Gasteiger partial charge on any atom is -0.441 e. The summed E-state index contributed by atoms with van der Waals surface area (Å²) in [7, 11) is 0. The molecule has 0 saturated carbocycles. The first-order valence-electron chi connectivity index (χ1n) is 8.11. The Balaban J connectivity index is 1.44. The molecule has 0 radical (unpaired) electrons. The molecule has 3 aromatic rings. The molecule has 3 rings (SSSR count). The molecule has 0 bridgehead atoms. The summed E-state index contributed by atoms with van der Waals surface area (Å²) in [5.41, 5.74) is 3.92. The van der Waals surface area contributed by atoms with Gasteiger partial charge in [0.05, 0.1) is 11.5 Å². The zero-order chi connectivity index (χ0) is 18.5. The summed E-state index contributed by atoms with van der Waals surface area (Å²) in [4.78, 5) is 28.2. The van der Waals surface area contributed by atoms with Crippen molar-refractivity contribution >= 4 is 46.1 Å². The van der Waals surface area contributed by atoms with Crippen molar-refractivity contribution in [1.29, 1.82) is 0 Å². The Hall–Kier alpha value is -2.80. The molecule has 6 nitrogen and oxygen atoms in total. The number of carbonyl (C=O) groups excluding carboxylic acids is 2. The number of hydrogen-bond donors (Lipinski definition) is 2. The van der Waals surface area contributed by atoms with E-state index < -0.39 is 0 Å². The van der Waals surface area contributed by atoms with Crippen molar-refractivity contribution in [3.05, 3.63) is 53.9 Å². The van der Waals surface area contributed by atoms with Gasteiger partial charge in [-0.3, -0.25) is 9.59 Å². The fourth-order valence-electron chi connectivity index (χ4n) is 2.39. The van der Waals surface area contributed by atoms with Gasteiger partial charge in [-0.15, -0.1) is 11.8 Å². The van der Waals surface area contributed by atoms with Gasteiger partial charge < -0.3 is 15.1 Å². The molecule has 0 atom stereocenters. The molecule has 2 aromatic carbocycles. The maximum atomic E-state index is 12.0. The van der Waals surface area contributed by atoms with Crippen LogP contribution in [0.4, 0.5) is 11.4 Å². The minimum absolute atomic E-state index is 0.133. The number of aromatic nitrogens is 1. The van der Waals surface area contributed by atoms with Gasteiger partial charge >= 0.3 is 0 Å². The van der Waals surface area contributed by atoms with Crippen LogP contribution in [0.3, 0.4) is 0 Å². The van der Waals surface area contributed by atoms with E-state index >= 15 is 0 Å². The topological polar surface area (TPSA) is 84.2 Å². The van der Waals surface area contributed by atoms with Crippen LogP contribution in [0.15, 0.2) is 46.9 Å². The van der Waals surface area contributed by atoms with E-state index in [4.69, 9.17) is 4.42 Å². The Morgan fingerprint density at radius 2 is 1.58 bits per heavy atom. The van der Waals surface area contributed by atoms with Gasteiger partial charge in [0.25, 0.3) is 0 Å². The zero-order valence-electron chi connectivity index (χ0n) is 14.5. The number of fused-ring (bicyclic) bond motifs is 1. The number of hydrogen-bond acceptors (Lipinski definition) is 5. The summed E-state index contributed by atoms with van der Waals surface area (Å²) in [5, 5.41) is 5.60. The molecule has 134 valence electrons. The van der Waals surface area contributed by atoms with Crippen molar-refractivity contribution < 1.29 is 14.0 Å². The number of thioether (sulfide) groups is 1. The highest BCUT2D eigenvalue weighted by atomic mass is 32.2. The Morgan fingerprint density at radius 3 is 2.27 bits per heavy atom. The van der Waals surface area contributed by atoms with Gasteiger partial charge in [-0.2, -0.15) is 0 Å². The van der Waals surface area contributed by atoms with Crippen LogP contribution >= 0.6 is 11.8 Å². The average molecular weight is 369 g/mol. The second-order valence-electron chi connectivity index (χ2n) is 5.87. The van der Waals surface area contributed by atoms with Gasteiger partial charge in [-0.05, 0) is 37.3 Å². The fraction of sp³-hybridized carbons (Fsp3) is 0.211. The first-order valence-corrected chi connectivity index (χ1v) is 9.26. The summed E-state index contributed by atoms with van der Waals surface area (Å²) >= 11 is 1.26. The second-order valence-corrected chi connectivity index (χ2v) is 6.86. The number of benzene rings is 2. The number of rotatable bonds is 6. The van der Waals surface area contributed by atoms with E-state index in [2.05, 4.69) is 15.6 Å². The molecule has 1 heterocycles. The van der Waals surface area contributed by atoms with Crippen molar-refractivity contribution in [2.45, 2.75) is 13.8 Å². The van der Waals surface area contributed by atoms with E-state index in [0.29, 0.717) is 22.7 Å². The lowest BCUT2D eigenvalue weighted by Gasteiger charge is -2.06. The minimum atomic E-state index is -0.169. The van der Waals surface area contributed by atoms with Crippen molar-refractivity contribution in [3.63, 3.8) is 0 Å². The fourth-order valence-corrected chi connectivity index (χ4v) is 3.01. The first-order chi connectivity index (χ1) is 12.5. The third-order valence-electron chi connectivity index (χ3n) is 3.58. The van der Waals surface area contributed by atoms with E-state index in [9.17, 15) is 9.59 Å². The third-order valence-corrected chi connectivity index (χ3v) is 4.51. The normalized spacial score (nSPS) is 10.7. The molecule has 0 aliphatic rings. The van der Waals surface area contributed by atoms with Gasteiger partial charge in [-0.25, -0.2) is 4.98 Å². The predicted octanol–water partition coefficient (Wildman–Crippen LogP) is 3.76. The van der Waals surface area contributed by atoms with Crippen LogP contribution in [0.1, 0.15) is 11.5 Å². The molecule has 26 heavy (non-hydrogen) atoms. The molecular formula is C19H19N3O3S. The predicted molar refractivity (Wildman–Crippen MR) is 105 cm³/mol. The Morgan fingerprint density at radius 1 is 0.962 bits per heavy atom. The molecule has 2 amide bonds. The van der Waals surface area contributed by atoms with Crippen LogP contribution in [-0.4, -0.2) is 28.3 Å². The molecule has 0 fully saturated rings. The standard InChI is InChI=1S/C19H19N3O3S/c1-12-3-5-14(6-4-12)21-18(23)10-26-11-19(24)22-15-7-8-17-16(9-15)20-13(2)25-17/h3-9H,10-11H2,1-2H3,(H,21,23)(H,22,24). The van der Waals surface area contributed by atoms with Gasteiger partial charge in [-0.1, -0.05) is 17.7 Å². The highest BCUT2D eigenvalue weighted by Crippen LogP contribution is 2.20. The lowest BCUT2D eigenvalue weighted by atomic mass is 10.2. The average Bonchev–Trinajstić information content (AvgIpc) is 2.96. The molecule has 0 spiro atoms. The van der Waals surface area contributed by atoms with Crippen LogP contribution < -0.4 is 10.6 Å². The quantitative estimate of drug-likeness (QED) is 0.691. The van der Waals surface area contributed by atoms with Gasteiger partial charge in [0, 0.05) is 18.3 Å². The Bertz CT molecular complexity index is 935. The smallest absolute Gasteiger partial charge is 0.234 e. The maximum Gasteiger partial charge on any atom is 0.234 e. The van der Waals surface area contributed by atoms with E-state index in [1.807, 2.05) is 31.2 Å². The second kappa shape index (κ2) is 8.05. The van der Waals surface area contributed by atoms with Crippen molar-refractivity contribution in [2.24, 2.45) is 0 Å². The SMILES string of the molecule is Cc1ccc(NC(=O)CSCC(=O)Nc2ccc3oc(C)nc3c2)cc1. The molecule has 0 aliphatic heterocycles. The Labute approximate surface area is 155 Å². The number of amides is 2. The van der Waals surface area contributed by atoms with Crippen LogP contribution in [0.2, 0.25) is 0 Å². The molecule has 0 saturated heterocycles. The summed E-state index contributed by atoms with van der Waals surface area (Å²) in [6.45, 7) is 3.76. The number of oxazole rings is 1. The molecule has 0 unspecified atom stereocenters. The van der Waals surface area contributed by atoms with E-state index in [1.165, 1.54) is 11.8 Å². The van der Waals surface area contributed by atoms with E-state index in [1.54, 1.807) is 25.1 Å². The van der Waals surface area contributed by atoms with Crippen LogP contribution in [0, 0.1) is 13.8 Å². The van der Waals surface area contributed by atoms with Crippen LogP contribution in [0.25, 0.3) is 11.1 Å². The van der Waals surface area contributed by atoms with Crippen LogP contribution in [-0.2, 0) is 9.59 Å². The lowest BCUT2D eigenvalue weighted by Crippen LogP contribution is -2.18. The highest BCUT2D eigenvalue weighted by molar-refractivity contribution is 8.00. The van der Waals surface area contributed by atoms with Crippen molar-refractivity contribution in [1.82, 2.24) is 4.98 Å².